The molecule has 0 spiro atoms. The molecule has 1 atom stereocenters. The summed E-state index contributed by atoms with van der Waals surface area (Å²) in [5, 5.41) is 23.5. The van der Waals surface area contributed by atoms with Crippen LogP contribution < -0.4 is 5.73 Å². The number of nitro groups is 1. The Kier molecular flexibility index (Phi) is 6.05. The van der Waals surface area contributed by atoms with Crippen molar-refractivity contribution < 1.29 is 21.8 Å². The monoisotopic (exact) mass is 463 g/mol. The van der Waals surface area contributed by atoms with Gasteiger partial charge in [0, 0.05) is 24.1 Å². The second-order valence-electron chi connectivity index (χ2n) is 6.66. The fourth-order valence-corrected chi connectivity index (χ4v) is 4.40. The molecule has 1 unspecified atom stereocenters. The van der Waals surface area contributed by atoms with Crippen LogP contribution in [0, 0.1) is 21.4 Å². The maximum absolute atomic E-state index is 12.5. The van der Waals surface area contributed by atoms with E-state index in [9.17, 15) is 28.0 Å². The second-order valence-corrected chi connectivity index (χ2v) is 9.89. The molecule has 1 saturated carbocycles. The molecule has 162 valence electrons. The van der Waals surface area contributed by atoms with Crippen molar-refractivity contribution in [3.8, 4) is 6.07 Å². The molecule has 1 aromatic carbocycles. The quantitative estimate of drug-likeness (QED) is 0.264. The Bertz CT molecular complexity index is 1230. The minimum atomic E-state index is -4.41. The molecular weight excluding hydrogens is 446 g/mol. The van der Waals surface area contributed by atoms with Crippen molar-refractivity contribution >= 4 is 32.4 Å². The molecule has 0 radical (unpaired) electrons. The molecule has 0 amide bonds. The van der Waals surface area contributed by atoms with E-state index in [0.717, 1.165) is 24.3 Å². The molecule has 1 heterocycles. The fraction of sp³-hybridized carbons (Fsp3) is 0.278. The molecule has 1 aliphatic rings. The first-order valence-corrected chi connectivity index (χ1v) is 11.7. The summed E-state index contributed by atoms with van der Waals surface area (Å²) in [6.07, 6.45) is 2.76. The van der Waals surface area contributed by atoms with E-state index in [4.69, 9.17) is 5.73 Å². The number of nitrogens with zero attached hydrogens (tertiary/aromatic N) is 4. The third-order valence-electron chi connectivity index (χ3n) is 4.69. The van der Waals surface area contributed by atoms with Gasteiger partial charge in [0.15, 0.2) is 5.84 Å². The number of pyridine rings is 1. The van der Waals surface area contributed by atoms with Crippen LogP contribution in [0.3, 0.4) is 0 Å². The number of hydrogen-bond acceptors (Lipinski definition) is 9. The van der Waals surface area contributed by atoms with Crippen LogP contribution in [0.15, 0.2) is 51.5 Å². The molecule has 0 aliphatic heterocycles. The van der Waals surface area contributed by atoms with Gasteiger partial charge in [-0.05, 0) is 41.8 Å². The maximum atomic E-state index is 12.5. The van der Waals surface area contributed by atoms with Crippen LogP contribution in [0.2, 0.25) is 0 Å². The van der Waals surface area contributed by atoms with Crippen LogP contribution in [-0.2, 0) is 30.6 Å². The highest BCUT2D eigenvalue weighted by molar-refractivity contribution is 7.86. The summed E-state index contributed by atoms with van der Waals surface area (Å²) in [5.41, 5.74) is 5.51. The van der Waals surface area contributed by atoms with Gasteiger partial charge in [0.05, 0.1) is 32.1 Å². The van der Waals surface area contributed by atoms with E-state index >= 15 is 0 Å². The summed E-state index contributed by atoms with van der Waals surface area (Å²) in [6.45, 7) is 1.69. The van der Waals surface area contributed by atoms with Crippen LogP contribution in [0.25, 0.3) is 0 Å². The molecule has 0 bridgehead atoms. The predicted octanol–water partition coefficient (Wildman–Crippen LogP) is 1.70. The van der Waals surface area contributed by atoms with E-state index in [1.807, 2.05) is 0 Å². The zero-order chi connectivity index (χ0) is 22.8. The molecule has 0 saturated heterocycles. The van der Waals surface area contributed by atoms with Gasteiger partial charge in [0.2, 0.25) is 0 Å². The minimum absolute atomic E-state index is 0.0171. The molecule has 31 heavy (non-hydrogen) atoms. The molecule has 2 N–H and O–H groups in total. The first-order valence-electron chi connectivity index (χ1n) is 8.95. The Morgan fingerprint density at radius 2 is 2.06 bits per heavy atom. The lowest BCUT2D eigenvalue weighted by Gasteiger charge is -2.12. The molecule has 1 fully saturated rings. The Hall–Kier alpha value is -3.37. The molecule has 13 heteroatoms. The van der Waals surface area contributed by atoms with Crippen molar-refractivity contribution in [3.63, 3.8) is 0 Å². The average Bonchev–Trinajstić information content (AvgIpc) is 3.58. The lowest BCUT2D eigenvalue weighted by Crippen LogP contribution is -2.21. The summed E-state index contributed by atoms with van der Waals surface area (Å²) >= 11 is 0. The summed E-state index contributed by atoms with van der Waals surface area (Å²) in [5.74, 6) is -0.178. The highest BCUT2D eigenvalue weighted by Gasteiger charge is 2.45. The number of hydrogen-bond donors (Lipinski definition) is 1. The summed E-state index contributed by atoms with van der Waals surface area (Å²) < 4.78 is 41.7. The first-order chi connectivity index (χ1) is 14.6. The van der Waals surface area contributed by atoms with E-state index in [0.29, 0.717) is 18.4 Å². The van der Waals surface area contributed by atoms with Crippen LogP contribution in [0.5, 0.6) is 0 Å². The van der Waals surface area contributed by atoms with E-state index in [-0.39, 0.29) is 26.9 Å². The van der Waals surface area contributed by atoms with Gasteiger partial charge in [0.1, 0.15) is 10.6 Å². The number of amidine groups is 1. The zero-order valence-electron chi connectivity index (χ0n) is 16.2. The highest BCUT2D eigenvalue weighted by Crippen LogP contribution is 2.47. The molecule has 11 nitrogen and oxygen atoms in total. The lowest BCUT2D eigenvalue weighted by atomic mass is 9.99. The Morgan fingerprint density at radius 1 is 1.42 bits per heavy atom. The van der Waals surface area contributed by atoms with Gasteiger partial charge in [-0.2, -0.15) is 13.7 Å². The predicted molar refractivity (Wildman–Crippen MR) is 110 cm³/mol. The summed E-state index contributed by atoms with van der Waals surface area (Å²) in [4.78, 5) is 14.0. The standard InChI is InChI=1S/C18H17N5O6S2/c1-2-30(26)15-9-12(18(11-19)7-8-18)10-21-16(15)17(20)22-29-31(27,28)14-5-3-13(4-6-14)23(24)25/h3-6,9-10H,2,7-8H2,1H3,(H2,20,22). The number of nitrogens with two attached hydrogens (primary N) is 1. The van der Waals surface area contributed by atoms with Crippen molar-refractivity contribution in [3.05, 3.63) is 57.9 Å². The smallest absolute Gasteiger partial charge is 0.358 e. The van der Waals surface area contributed by atoms with Gasteiger partial charge in [-0.1, -0.05) is 6.92 Å². The molecule has 1 aliphatic carbocycles. The number of rotatable bonds is 8. The van der Waals surface area contributed by atoms with Crippen LogP contribution in [0.4, 0.5) is 5.69 Å². The summed E-state index contributed by atoms with van der Waals surface area (Å²) in [6, 6.07) is 7.82. The van der Waals surface area contributed by atoms with Crippen LogP contribution >= 0.6 is 0 Å². The van der Waals surface area contributed by atoms with Crippen molar-refractivity contribution in [2.75, 3.05) is 5.75 Å². The van der Waals surface area contributed by atoms with E-state index < -0.39 is 37.1 Å². The number of nitro benzene ring substituents is 1. The van der Waals surface area contributed by atoms with E-state index in [2.05, 4.69) is 20.5 Å². The highest BCUT2D eigenvalue weighted by atomic mass is 32.2. The van der Waals surface area contributed by atoms with Crippen molar-refractivity contribution in [2.45, 2.75) is 35.0 Å². The third-order valence-corrected chi connectivity index (χ3v) is 7.14. The molecule has 1 aromatic heterocycles. The second kappa shape index (κ2) is 8.40. The molecule has 3 rings (SSSR count). The SMILES string of the molecule is CCS(=O)c1cc(C2(C#N)CC2)cnc1/C(N)=N/OS(=O)(=O)c1ccc([N+](=O)[O-])cc1. The van der Waals surface area contributed by atoms with E-state index in [1.165, 1.54) is 6.20 Å². The van der Waals surface area contributed by atoms with Crippen molar-refractivity contribution in [1.29, 1.82) is 5.26 Å². The number of nitriles is 1. The Labute approximate surface area is 180 Å². The van der Waals surface area contributed by atoms with Gasteiger partial charge in [-0.25, -0.2) is 0 Å². The third kappa shape index (κ3) is 4.54. The van der Waals surface area contributed by atoms with Gasteiger partial charge in [0.25, 0.3) is 5.69 Å². The topological polar surface area (TPSA) is 179 Å². The van der Waals surface area contributed by atoms with Gasteiger partial charge < -0.3 is 5.73 Å². The Morgan fingerprint density at radius 3 is 2.58 bits per heavy atom. The zero-order valence-corrected chi connectivity index (χ0v) is 17.9. The number of non-ortho nitro benzene ring substituents is 1. The Balaban J connectivity index is 1.91. The van der Waals surface area contributed by atoms with Gasteiger partial charge in [-0.3, -0.25) is 23.6 Å². The van der Waals surface area contributed by atoms with Crippen LogP contribution in [0.1, 0.15) is 31.0 Å². The van der Waals surface area contributed by atoms with E-state index in [1.54, 1.807) is 13.0 Å². The largest absolute Gasteiger partial charge is 0.379 e. The first kappa shape index (κ1) is 22.3. The minimum Gasteiger partial charge on any atom is -0.379 e. The summed E-state index contributed by atoms with van der Waals surface area (Å²) in [7, 11) is -5.92. The lowest BCUT2D eigenvalue weighted by molar-refractivity contribution is -0.384. The number of oxime groups is 1. The van der Waals surface area contributed by atoms with Crippen molar-refractivity contribution in [1.82, 2.24) is 4.98 Å². The normalized spacial score (nSPS) is 16.2. The molecule has 2 aromatic rings. The molecular formula is C18H17N5O6S2. The van der Waals surface area contributed by atoms with Crippen molar-refractivity contribution in [2.24, 2.45) is 10.9 Å². The van der Waals surface area contributed by atoms with Crippen LogP contribution in [-0.4, -0.2) is 34.1 Å². The van der Waals surface area contributed by atoms with Gasteiger partial charge >= 0.3 is 10.1 Å². The number of aromatic nitrogens is 1. The van der Waals surface area contributed by atoms with Gasteiger partial charge in [-0.15, -0.1) is 0 Å². The fourth-order valence-electron chi connectivity index (χ4n) is 2.73. The number of benzene rings is 1. The maximum Gasteiger partial charge on any atom is 0.358 e. The average molecular weight is 463 g/mol.